The maximum atomic E-state index is 11.7. The first-order valence-electron chi connectivity index (χ1n) is 6.14. The molecule has 0 unspecified atom stereocenters. The number of methoxy groups -OCH3 is 1. The fraction of sp³-hybridized carbons (Fsp3) is 0.538. The molecule has 1 aliphatic rings. The predicted octanol–water partition coefficient (Wildman–Crippen LogP) is 0.650. The van der Waals surface area contributed by atoms with Gasteiger partial charge in [0.2, 0.25) is 5.76 Å². The summed E-state index contributed by atoms with van der Waals surface area (Å²) in [5.41, 5.74) is 0. The van der Waals surface area contributed by atoms with Crippen molar-refractivity contribution in [1.82, 2.24) is 4.90 Å². The van der Waals surface area contributed by atoms with E-state index in [0.29, 0.717) is 25.3 Å². The lowest BCUT2D eigenvalue weighted by Crippen LogP contribution is -2.52. The fourth-order valence-corrected chi connectivity index (χ4v) is 2.37. The molecule has 1 saturated heterocycles. The Hall–Kier alpha value is -1.84. The summed E-state index contributed by atoms with van der Waals surface area (Å²) in [6.07, 6.45) is 0.657. The van der Waals surface area contributed by atoms with Gasteiger partial charge in [-0.1, -0.05) is 0 Å². The highest BCUT2D eigenvalue weighted by Crippen LogP contribution is 2.22. The first-order chi connectivity index (χ1) is 9.15. The molecule has 1 aliphatic heterocycles. The van der Waals surface area contributed by atoms with Crippen LogP contribution < -0.4 is 0 Å². The second kappa shape index (κ2) is 5.87. The minimum Gasteiger partial charge on any atom is -0.468 e. The molecule has 6 heteroatoms. The Balaban J connectivity index is 2.11. The van der Waals surface area contributed by atoms with Crippen LogP contribution in [-0.4, -0.2) is 41.8 Å². The minimum absolute atomic E-state index is 0.238. The third-order valence-electron chi connectivity index (χ3n) is 3.28. The van der Waals surface area contributed by atoms with Crippen LogP contribution in [-0.2, 0) is 16.1 Å². The van der Waals surface area contributed by atoms with Gasteiger partial charge >= 0.3 is 5.97 Å². The van der Waals surface area contributed by atoms with Crippen LogP contribution in [0.2, 0.25) is 0 Å². The number of piperidine rings is 1. The van der Waals surface area contributed by atoms with Gasteiger partial charge in [0.15, 0.2) is 0 Å². The van der Waals surface area contributed by atoms with Crippen molar-refractivity contribution in [3.05, 3.63) is 23.7 Å². The van der Waals surface area contributed by atoms with Crippen molar-refractivity contribution in [1.29, 1.82) is 5.26 Å². The zero-order valence-electron chi connectivity index (χ0n) is 10.7. The van der Waals surface area contributed by atoms with E-state index in [9.17, 15) is 9.90 Å². The van der Waals surface area contributed by atoms with E-state index >= 15 is 0 Å². The van der Waals surface area contributed by atoms with Crippen molar-refractivity contribution in [2.24, 2.45) is 0 Å². The molecule has 1 aromatic heterocycles. The largest absolute Gasteiger partial charge is 0.468 e. The number of carbonyl (C=O) groups excluding carboxylic acids is 1. The lowest BCUT2D eigenvalue weighted by atomic mass is 9.99. The number of carbonyl (C=O) groups is 1. The van der Waals surface area contributed by atoms with Gasteiger partial charge in [-0.15, -0.1) is 0 Å². The van der Waals surface area contributed by atoms with Gasteiger partial charge in [-0.3, -0.25) is 9.69 Å². The number of aliphatic hydroxyl groups excluding tert-OH is 1. The SMILES string of the molecule is COC(=O)[C@H]1[C@H](O)CCCN1Cc1ccc(C#N)o1. The molecule has 6 nitrogen and oxygen atoms in total. The summed E-state index contributed by atoms with van der Waals surface area (Å²) in [4.78, 5) is 13.6. The topological polar surface area (TPSA) is 86.7 Å². The standard InChI is InChI=1S/C13H16N2O4/c1-18-13(17)12-11(16)3-2-6-15(12)8-10-5-4-9(7-14)19-10/h4-5,11-12,16H,2-3,6,8H2,1H3/t11-,12-/m1/s1. The Morgan fingerprint density at radius 1 is 1.68 bits per heavy atom. The van der Waals surface area contributed by atoms with Gasteiger partial charge < -0.3 is 14.3 Å². The Labute approximate surface area is 111 Å². The quantitative estimate of drug-likeness (QED) is 0.807. The van der Waals surface area contributed by atoms with Crippen molar-refractivity contribution in [3.8, 4) is 6.07 Å². The van der Waals surface area contributed by atoms with Gasteiger partial charge in [0.25, 0.3) is 0 Å². The molecule has 0 saturated carbocycles. The van der Waals surface area contributed by atoms with Crippen LogP contribution in [0.5, 0.6) is 0 Å². The number of nitrogens with zero attached hydrogens (tertiary/aromatic N) is 2. The number of likely N-dealkylation sites (tertiary alicyclic amines) is 1. The van der Waals surface area contributed by atoms with Crippen molar-refractivity contribution >= 4 is 5.97 Å². The minimum atomic E-state index is -0.730. The number of hydrogen-bond donors (Lipinski definition) is 1. The summed E-state index contributed by atoms with van der Waals surface area (Å²) in [6, 6.07) is 4.53. The van der Waals surface area contributed by atoms with Gasteiger partial charge in [0, 0.05) is 0 Å². The van der Waals surface area contributed by atoms with E-state index in [1.165, 1.54) is 7.11 Å². The number of furan rings is 1. The molecule has 0 amide bonds. The number of rotatable bonds is 3. The average Bonchev–Trinajstić information content (AvgIpc) is 2.86. The van der Waals surface area contributed by atoms with Crippen molar-refractivity contribution in [3.63, 3.8) is 0 Å². The second-order valence-electron chi connectivity index (χ2n) is 4.53. The molecule has 0 aliphatic carbocycles. The highest BCUT2D eigenvalue weighted by Gasteiger charge is 2.36. The van der Waals surface area contributed by atoms with Crippen LogP contribution >= 0.6 is 0 Å². The van der Waals surface area contributed by atoms with E-state index in [4.69, 9.17) is 14.4 Å². The molecule has 0 radical (unpaired) electrons. The Morgan fingerprint density at radius 3 is 3.11 bits per heavy atom. The molecule has 1 fully saturated rings. The number of nitriles is 1. The molecule has 1 aromatic rings. The molecule has 19 heavy (non-hydrogen) atoms. The van der Waals surface area contributed by atoms with Crippen LogP contribution in [0.15, 0.2) is 16.5 Å². The zero-order chi connectivity index (χ0) is 13.8. The molecule has 2 rings (SSSR count). The van der Waals surface area contributed by atoms with Gasteiger partial charge in [-0.2, -0.15) is 5.26 Å². The van der Waals surface area contributed by atoms with E-state index in [1.54, 1.807) is 12.1 Å². The molecule has 2 heterocycles. The first-order valence-corrected chi connectivity index (χ1v) is 6.14. The Morgan fingerprint density at radius 2 is 2.47 bits per heavy atom. The molecule has 0 bridgehead atoms. The van der Waals surface area contributed by atoms with Gasteiger partial charge in [0.05, 0.1) is 19.8 Å². The predicted molar refractivity (Wildman–Crippen MR) is 64.9 cm³/mol. The van der Waals surface area contributed by atoms with E-state index < -0.39 is 18.1 Å². The molecule has 0 aromatic carbocycles. The number of ether oxygens (including phenoxy) is 1. The molecule has 0 spiro atoms. The third kappa shape index (κ3) is 2.95. The summed E-state index contributed by atoms with van der Waals surface area (Å²) in [5.74, 6) is 0.390. The molecular weight excluding hydrogens is 248 g/mol. The summed E-state index contributed by atoms with van der Waals surface area (Å²) in [7, 11) is 1.31. The first kappa shape index (κ1) is 13.6. The number of hydrogen-bond acceptors (Lipinski definition) is 6. The molecule has 1 N–H and O–H groups in total. The van der Waals surface area contributed by atoms with E-state index in [1.807, 2.05) is 11.0 Å². The maximum Gasteiger partial charge on any atom is 0.325 e. The molecule has 2 atom stereocenters. The van der Waals surface area contributed by atoms with Crippen molar-refractivity contribution in [2.45, 2.75) is 31.5 Å². The summed E-state index contributed by atoms with van der Waals surface area (Å²) < 4.78 is 10.0. The third-order valence-corrected chi connectivity index (χ3v) is 3.28. The fourth-order valence-electron chi connectivity index (χ4n) is 2.37. The van der Waals surface area contributed by atoms with Crippen molar-refractivity contribution < 1.29 is 19.1 Å². The normalized spacial score (nSPS) is 23.8. The zero-order valence-corrected chi connectivity index (χ0v) is 10.7. The smallest absolute Gasteiger partial charge is 0.325 e. The highest BCUT2D eigenvalue weighted by atomic mass is 16.5. The van der Waals surface area contributed by atoms with Gasteiger partial charge in [-0.05, 0) is 31.5 Å². The lowest BCUT2D eigenvalue weighted by Gasteiger charge is -2.36. The van der Waals surface area contributed by atoms with E-state index in [-0.39, 0.29) is 5.76 Å². The van der Waals surface area contributed by atoms with Gasteiger partial charge in [0.1, 0.15) is 17.9 Å². The van der Waals surface area contributed by atoms with E-state index in [2.05, 4.69) is 0 Å². The average molecular weight is 264 g/mol. The summed E-state index contributed by atoms with van der Waals surface area (Å²) >= 11 is 0. The number of esters is 1. The second-order valence-corrected chi connectivity index (χ2v) is 4.53. The number of aliphatic hydroxyl groups is 1. The van der Waals surface area contributed by atoms with E-state index in [0.717, 1.165) is 6.42 Å². The van der Waals surface area contributed by atoms with Crippen molar-refractivity contribution in [2.75, 3.05) is 13.7 Å². The molecular formula is C13H16N2O4. The van der Waals surface area contributed by atoms with Crippen LogP contribution in [0.25, 0.3) is 0 Å². The maximum absolute atomic E-state index is 11.7. The van der Waals surface area contributed by atoms with Crippen LogP contribution in [0, 0.1) is 11.3 Å². The van der Waals surface area contributed by atoms with Crippen LogP contribution in [0.3, 0.4) is 0 Å². The monoisotopic (exact) mass is 264 g/mol. The lowest BCUT2D eigenvalue weighted by molar-refractivity contribution is -0.154. The Kier molecular flexibility index (Phi) is 4.20. The Bertz CT molecular complexity index is 491. The summed E-state index contributed by atoms with van der Waals surface area (Å²) in [5, 5.41) is 18.7. The van der Waals surface area contributed by atoms with Gasteiger partial charge in [-0.25, -0.2) is 0 Å². The van der Waals surface area contributed by atoms with Crippen LogP contribution in [0.1, 0.15) is 24.4 Å². The van der Waals surface area contributed by atoms with Crippen LogP contribution in [0.4, 0.5) is 0 Å². The summed E-state index contributed by atoms with van der Waals surface area (Å²) in [6.45, 7) is 1.05. The molecule has 102 valence electrons. The highest BCUT2D eigenvalue weighted by molar-refractivity contribution is 5.76.